The highest BCUT2D eigenvalue weighted by Gasteiger charge is 2.26. The summed E-state index contributed by atoms with van der Waals surface area (Å²) in [6, 6.07) is 0. The summed E-state index contributed by atoms with van der Waals surface area (Å²) in [5.41, 5.74) is -0.368. The third-order valence-electron chi connectivity index (χ3n) is 2.07. The van der Waals surface area contributed by atoms with E-state index in [9.17, 15) is 4.79 Å². The molecule has 0 rings (SSSR count). The van der Waals surface area contributed by atoms with Crippen LogP contribution in [0.2, 0.25) is 19.6 Å². The van der Waals surface area contributed by atoms with E-state index < -0.39 is 8.32 Å². The van der Waals surface area contributed by atoms with Crippen molar-refractivity contribution in [3.8, 4) is 0 Å². The lowest BCUT2D eigenvalue weighted by Crippen LogP contribution is -2.29. The van der Waals surface area contributed by atoms with Gasteiger partial charge in [-0.25, -0.2) is 4.79 Å². The first kappa shape index (κ1) is 16.0. The zero-order chi connectivity index (χ0) is 13.7. The van der Waals surface area contributed by atoms with Crippen LogP contribution < -0.4 is 0 Å². The first-order valence-electron chi connectivity index (χ1n) is 5.83. The van der Waals surface area contributed by atoms with Crippen LogP contribution in [-0.4, -0.2) is 20.9 Å². The number of hydrogen-bond acceptors (Lipinski definition) is 3. The summed E-state index contributed by atoms with van der Waals surface area (Å²) in [7, 11) is -1.65. The van der Waals surface area contributed by atoms with Crippen LogP contribution >= 0.6 is 0 Å². The second-order valence-electron chi connectivity index (χ2n) is 5.44. The van der Waals surface area contributed by atoms with E-state index in [0.717, 1.165) is 0 Å². The van der Waals surface area contributed by atoms with Gasteiger partial charge >= 0.3 is 5.97 Å². The zero-order valence-electron chi connectivity index (χ0n) is 11.8. The van der Waals surface area contributed by atoms with Crippen molar-refractivity contribution >= 4 is 14.3 Å². The summed E-state index contributed by atoms with van der Waals surface area (Å²) in [4.78, 5) is 11.2. The average Bonchev–Trinajstić information content (AvgIpc) is 2.12. The number of hydrogen-bond donors (Lipinski definition) is 0. The topological polar surface area (TPSA) is 35.5 Å². The Morgan fingerprint density at radius 3 is 2.29 bits per heavy atom. The number of allylic oxidation sites excluding steroid dienone is 1. The van der Waals surface area contributed by atoms with Crippen molar-refractivity contribution in [2.75, 3.05) is 6.61 Å². The smallest absolute Gasteiger partial charge is 0.330 e. The molecule has 0 radical (unpaired) electrons. The first-order valence-corrected chi connectivity index (χ1v) is 9.23. The molecule has 0 heterocycles. The molecule has 0 aromatic rings. The van der Waals surface area contributed by atoms with Gasteiger partial charge in [0, 0.05) is 11.5 Å². The summed E-state index contributed by atoms with van der Waals surface area (Å²) in [6.07, 6.45) is 3.20. The maximum absolute atomic E-state index is 11.2. The molecule has 17 heavy (non-hydrogen) atoms. The van der Waals surface area contributed by atoms with Crippen molar-refractivity contribution in [1.82, 2.24) is 0 Å². The lowest BCUT2D eigenvalue weighted by atomic mass is 9.91. The molecule has 0 aliphatic carbocycles. The van der Waals surface area contributed by atoms with Crippen LogP contribution in [0, 0.1) is 5.41 Å². The van der Waals surface area contributed by atoms with Gasteiger partial charge in [-0.3, -0.25) is 0 Å². The Kier molecular flexibility index (Phi) is 5.68. The summed E-state index contributed by atoms with van der Waals surface area (Å²) in [5.74, 6) is 0.360. The summed E-state index contributed by atoms with van der Waals surface area (Å²) in [5, 5.41) is 0. The van der Waals surface area contributed by atoms with Gasteiger partial charge in [0.1, 0.15) is 0 Å². The second-order valence-corrected chi connectivity index (χ2v) is 9.87. The van der Waals surface area contributed by atoms with Crippen molar-refractivity contribution in [2.45, 2.75) is 40.4 Å². The van der Waals surface area contributed by atoms with Crippen LogP contribution in [0.5, 0.6) is 0 Å². The van der Waals surface area contributed by atoms with Gasteiger partial charge in [0.2, 0.25) is 8.32 Å². The first-order chi connectivity index (χ1) is 7.58. The normalized spacial score (nSPS) is 12.6. The van der Waals surface area contributed by atoms with Crippen molar-refractivity contribution in [3.63, 3.8) is 0 Å². The maximum Gasteiger partial charge on any atom is 0.330 e. The predicted molar refractivity (Wildman–Crippen MR) is 73.1 cm³/mol. The molecule has 0 unspecified atom stereocenters. The molecule has 0 aromatic heterocycles. The fourth-order valence-corrected chi connectivity index (χ4v) is 2.06. The van der Waals surface area contributed by atoms with E-state index in [-0.39, 0.29) is 11.4 Å². The van der Waals surface area contributed by atoms with Gasteiger partial charge in [-0.15, -0.1) is 0 Å². The standard InChI is InChI=1S/C13H24O3Si/c1-8-15-12(14)9-10-13(3,4)11(2)16-17(5,6)7/h9-10H,2,8H2,1,3-7H3/b10-9+. The molecule has 4 heteroatoms. The zero-order valence-corrected chi connectivity index (χ0v) is 12.8. The third kappa shape index (κ3) is 7.00. The molecule has 0 fully saturated rings. The van der Waals surface area contributed by atoms with Gasteiger partial charge < -0.3 is 9.16 Å². The summed E-state index contributed by atoms with van der Waals surface area (Å²) in [6.45, 7) is 16.3. The molecular formula is C13H24O3Si. The van der Waals surface area contributed by atoms with Crippen LogP contribution in [0.1, 0.15) is 20.8 Å². The van der Waals surface area contributed by atoms with Crippen molar-refractivity contribution in [3.05, 3.63) is 24.5 Å². The largest absolute Gasteiger partial charge is 0.547 e. The fraction of sp³-hybridized carbons (Fsp3) is 0.615. The molecule has 98 valence electrons. The molecule has 3 nitrogen and oxygen atoms in total. The highest BCUT2D eigenvalue weighted by Crippen LogP contribution is 2.29. The Balaban J connectivity index is 4.57. The number of carbonyl (C=O) groups excluding carboxylic acids is 1. The fourth-order valence-electron chi connectivity index (χ4n) is 1.06. The van der Waals surface area contributed by atoms with Gasteiger partial charge in [-0.05, 0) is 40.4 Å². The third-order valence-corrected chi connectivity index (χ3v) is 2.93. The Hall–Kier alpha value is -1.03. The lowest BCUT2D eigenvalue weighted by Gasteiger charge is -2.30. The highest BCUT2D eigenvalue weighted by atomic mass is 28.4. The number of ether oxygens (including phenoxy) is 1. The maximum atomic E-state index is 11.2. The van der Waals surface area contributed by atoms with Crippen molar-refractivity contribution < 1.29 is 14.0 Å². The van der Waals surface area contributed by atoms with E-state index in [2.05, 4.69) is 26.2 Å². The molecule has 0 aromatic carbocycles. The minimum atomic E-state index is -1.65. The minimum Gasteiger partial charge on any atom is -0.547 e. The number of rotatable bonds is 6. The quantitative estimate of drug-likeness (QED) is 0.316. The monoisotopic (exact) mass is 256 g/mol. The van der Waals surface area contributed by atoms with Gasteiger partial charge in [0.05, 0.1) is 12.4 Å². The van der Waals surface area contributed by atoms with Crippen molar-refractivity contribution in [2.24, 2.45) is 5.41 Å². The summed E-state index contributed by atoms with van der Waals surface area (Å²) < 4.78 is 10.7. The van der Waals surface area contributed by atoms with E-state index in [1.54, 1.807) is 13.0 Å². The van der Waals surface area contributed by atoms with Crippen molar-refractivity contribution in [1.29, 1.82) is 0 Å². The molecule has 0 atom stereocenters. The van der Waals surface area contributed by atoms with Crippen LogP contribution in [0.25, 0.3) is 0 Å². The highest BCUT2D eigenvalue weighted by molar-refractivity contribution is 6.70. The Bertz CT molecular complexity index is 311. The molecule has 0 spiro atoms. The molecule has 0 N–H and O–H groups in total. The second kappa shape index (κ2) is 6.05. The van der Waals surface area contributed by atoms with E-state index in [0.29, 0.717) is 12.4 Å². The van der Waals surface area contributed by atoms with Crippen LogP contribution in [0.3, 0.4) is 0 Å². The summed E-state index contributed by atoms with van der Waals surface area (Å²) >= 11 is 0. The van der Waals surface area contributed by atoms with E-state index in [4.69, 9.17) is 9.16 Å². The van der Waals surface area contributed by atoms with E-state index in [1.807, 2.05) is 13.8 Å². The Morgan fingerprint density at radius 2 is 1.88 bits per heavy atom. The average molecular weight is 256 g/mol. The van der Waals surface area contributed by atoms with Crippen LogP contribution in [0.15, 0.2) is 24.5 Å². The van der Waals surface area contributed by atoms with Gasteiger partial charge in [-0.1, -0.05) is 12.7 Å². The van der Waals surface area contributed by atoms with Gasteiger partial charge in [-0.2, -0.15) is 0 Å². The predicted octanol–water partition coefficient (Wildman–Crippen LogP) is 3.50. The van der Waals surface area contributed by atoms with Crippen LogP contribution in [0.4, 0.5) is 0 Å². The minimum absolute atomic E-state index is 0.332. The van der Waals surface area contributed by atoms with Gasteiger partial charge in [0.15, 0.2) is 0 Å². The Labute approximate surface area is 106 Å². The Morgan fingerprint density at radius 1 is 1.35 bits per heavy atom. The van der Waals surface area contributed by atoms with Gasteiger partial charge in [0.25, 0.3) is 0 Å². The molecule has 0 amide bonds. The molecular weight excluding hydrogens is 232 g/mol. The van der Waals surface area contributed by atoms with E-state index in [1.165, 1.54) is 6.08 Å². The molecule has 0 aliphatic heterocycles. The molecule has 0 saturated heterocycles. The molecule has 0 bridgehead atoms. The number of esters is 1. The number of carbonyl (C=O) groups is 1. The SMILES string of the molecule is C=C(O[Si](C)(C)C)C(C)(C)/C=C/C(=O)OCC. The molecule has 0 aliphatic rings. The lowest BCUT2D eigenvalue weighted by molar-refractivity contribution is -0.137. The van der Waals surface area contributed by atoms with Crippen LogP contribution in [-0.2, 0) is 14.0 Å². The van der Waals surface area contributed by atoms with E-state index >= 15 is 0 Å². The molecule has 0 saturated carbocycles.